The lowest BCUT2D eigenvalue weighted by Crippen LogP contribution is -1.97. The van der Waals surface area contributed by atoms with E-state index in [9.17, 15) is 0 Å². The third kappa shape index (κ3) is 11.5. The van der Waals surface area contributed by atoms with Crippen LogP contribution in [0.1, 0.15) is 0 Å². The monoisotopic (exact) mass is 1430 g/mol. The second-order valence-corrected chi connectivity index (χ2v) is 28.2. The molecule has 0 atom stereocenters. The van der Waals surface area contributed by atoms with Crippen molar-refractivity contribution in [2.24, 2.45) is 0 Å². The van der Waals surface area contributed by atoms with Crippen LogP contribution in [-0.2, 0) is 0 Å². The van der Waals surface area contributed by atoms with Crippen LogP contribution in [0, 0.1) is 0 Å². The van der Waals surface area contributed by atoms with Crippen molar-refractivity contribution in [1.29, 1.82) is 0 Å². The predicted octanol–water partition coefficient (Wildman–Crippen LogP) is 25.5. The van der Waals surface area contributed by atoms with E-state index in [0.29, 0.717) is 11.6 Å². The molecule has 0 spiro atoms. The van der Waals surface area contributed by atoms with E-state index in [-0.39, 0.29) is 0 Å². The first-order chi connectivity index (χ1) is 55.5. The van der Waals surface area contributed by atoms with Gasteiger partial charge in [-0.1, -0.05) is 243 Å². The molecule has 14 aromatic carbocycles. The second-order valence-electron chi connectivity index (χ2n) is 28.2. The van der Waals surface area contributed by atoms with Gasteiger partial charge in [0.25, 0.3) is 0 Å². The zero-order chi connectivity index (χ0) is 74.0. The van der Waals surface area contributed by atoms with Crippen molar-refractivity contribution < 1.29 is 0 Å². The minimum Gasteiger partial charge on any atom is -0.309 e. The van der Waals surface area contributed by atoms with Crippen molar-refractivity contribution >= 4 is 87.5 Å². The molecule has 0 saturated heterocycles. The largest absolute Gasteiger partial charge is 0.309 e. The average Bonchev–Trinajstić information content (AvgIpc) is 1.57. The molecule has 8 aromatic heterocycles. The van der Waals surface area contributed by atoms with Crippen molar-refractivity contribution in [3.8, 4) is 113 Å². The van der Waals surface area contributed by atoms with E-state index in [1.165, 1.54) is 43.6 Å². The van der Waals surface area contributed by atoms with Crippen molar-refractivity contribution in [2.45, 2.75) is 0 Å². The van der Waals surface area contributed by atoms with Crippen LogP contribution in [0.15, 0.2) is 401 Å². The lowest BCUT2D eigenvalue weighted by Gasteiger charge is -2.11. The fraction of sp³-hybridized carbons (Fsp3) is 0. The number of hydrogen-bond acceptors (Lipinski definition) is 6. The first kappa shape index (κ1) is 65.1. The Hall–Kier alpha value is -15.3. The van der Waals surface area contributed by atoms with Crippen LogP contribution in [0.4, 0.5) is 0 Å². The normalized spacial score (nSPS) is 11.6. The molecule has 0 unspecified atom stereocenters. The number of benzene rings is 14. The van der Waals surface area contributed by atoms with Crippen LogP contribution >= 0.6 is 0 Å². The molecule has 22 rings (SSSR count). The Bertz CT molecular complexity index is 6760. The lowest BCUT2D eigenvalue weighted by molar-refractivity contribution is 1.16. The second kappa shape index (κ2) is 27.5. The average molecular weight is 1430 g/mol. The zero-order valence-corrected chi connectivity index (χ0v) is 60.6. The summed E-state index contributed by atoms with van der Waals surface area (Å²) in [7, 11) is 0. The highest BCUT2D eigenvalue weighted by atomic mass is 15.0. The Morgan fingerprint density at radius 1 is 0.161 bits per heavy atom. The summed E-state index contributed by atoms with van der Waals surface area (Å²) in [6, 6.07) is 137. The molecular formula is C102H66N10. The van der Waals surface area contributed by atoms with Gasteiger partial charge in [0.2, 0.25) is 0 Å². The Morgan fingerprint density at radius 2 is 0.429 bits per heavy atom. The first-order valence-electron chi connectivity index (χ1n) is 37.7. The lowest BCUT2D eigenvalue weighted by atomic mass is 10.0. The Kier molecular flexibility index (Phi) is 16.0. The van der Waals surface area contributed by atoms with Crippen molar-refractivity contribution in [3.05, 3.63) is 401 Å². The molecule has 0 amide bonds. The van der Waals surface area contributed by atoms with Crippen LogP contribution in [0.25, 0.3) is 200 Å². The number of aromatic nitrogens is 10. The summed E-state index contributed by atoms with van der Waals surface area (Å²) in [5.41, 5.74) is 29.8. The molecule has 0 N–H and O–H groups in total. The van der Waals surface area contributed by atoms with E-state index in [1.807, 2.05) is 97.3 Å². The molecule has 524 valence electrons. The highest BCUT2D eigenvalue weighted by molar-refractivity contribution is 6.14. The molecule has 10 nitrogen and oxygen atoms in total. The van der Waals surface area contributed by atoms with E-state index in [0.717, 1.165) is 145 Å². The summed E-state index contributed by atoms with van der Waals surface area (Å²) in [6.45, 7) is 0. The molecule has 10 heteroatoms. The van der Waals surface area contributed by atoms with Gasteiger partial charge in [0.1, 0.15) is 0 Å². The molecule has 0 radical (unpaired) electrons. The molecule has 0 saturated carbocycles. The summed E-state index contributed by atoms with van der Waals surface area (Å²) < 4.78 is 9.36. The first-order valence-corrected chi connectivity index (χ1v) is 37.7. The van der Waals surface area contributed by atoms with Gasteiger partial charge in [0.05, 0.1) is 77.9 Å². The van der Waals surface area contributed by atoms with Crippen LogP contribution in [-0.4, -0.2) is 48.2 Å². The molecule has 0 aliphatic carbocycles. The minimum absolute atomic E-state index is 0.688. The molecule has 0 fully saturated rings. The van der Waals surface area contributed by atoms with Crippen LogP contribution in [0.2, 0.25) is 0 Å². The van der Waals surface area contributed by atoms with Crippen LogP contribution in [0.5, 0.6) is 0 Å². The van der Waals surface area contributed by atoms with Crippen molar-refractivity contribution in [2.75, 3.05) is 0 Å². The Labute approximate surface area is 645 Å². The summed E-state index contributed by atoms with van der Waals surface area (Å²) in [4.78, 5) is 30.0. The maximum Gasteiger partial charge on any atom is 0.160 e. The molecule has 0 bridgehead atoms. The number of fused-ring (bicyclic) bond motifs is 12. The van der Waals surface area contributed by atoms with Gasteiger partial charge in [-0.15, -0.1) is 0 Å². The van der Waals surface area contributed by atoms with Gasteiger partial charge in [-0.05, 0) is 168 Å². The van der Waals surface area contributed by atoms with E-state index in [1.54, 1.807) is 0 Å². The highest BCUT2D eigenvalue weighted by Crippen LogP contribution is 2.42. The molecule has 0 aliphatic rings. The molecule has 22 aromatic rings. The SMILES string of the molecule is c1ccc(-c2cc(-c3ccc(-n4c5ccc(-c6ccc7c8ccccc8n(-c8ccccc8)c7c6)cc5c5ncccc54)cc3)nc(-c3ccccc3)n2)cc1.c1ccc(-c2cc(-c3ccccc3)nc(-c3ccc(-n4c5ccc(-c6ccc7c8ccccc8n(-c8ccccc8)c7c6)cc5c5ncccc54)cc3)n2)cc1. The minimum atomic E-state index is 0.688. The van der Waals surface area contributed by atoms with E-state index >= 15 is 0 Å². The number of para-hydroxylation sites is 4. The summed E-state index contributed by atoms with van der Waals surface area (Å²) >= 11 is 0. The van der Waals surface area contributed by atoms with Gasteiger partial charge in [0, 0.05) is 101 Å². The number of rotatable bonds is 12. The van der Waals surface area contributed by atoms with E-state index in [4.69, 9.17) is 29.9 Å². The summed E-state index contributed by atoms with van der Waals surface area (Å²) in [5, 5.41) is 7.20. The van der Waals surface area contributed by atoms with Crippen LogP contribution in [0.3, 0.4) is 0 Å². The maximum atomic E-state index is 5.05. The maximum absolute atomic E-state index is 5.05. The molecule has 0 aliphatic heterocycles. The van der Waals surface area contributed by atoms with Gasteiger partial charge in [-0.3, -0.25) is 9.97 Å². The number of hydrogen-bond donors (Lipinski definition) is 0. The third-order valence-electron chi connectivity index (χ3n) is 21.6. The topological polar surface area (TPSA) is 97.1 Å². The van der Waals surface area contributed by atoms with Crippen molar-refractivity contribution in [1.82, 2.24) is 48.2 Å². The summed E-state index contributed by atoms with van der Waals surface area (Å²) in [6.07, 6.45) is 3.77. The van der Waals surface area contributed by atoms with E-state index in [2.05, 4.69) is 322 Å². The number of nitrogens with zero attached hydrogens (tertiary/aromatic N) is 10. The highest BCUT2D eigenvalue weighted by Gasteiger charge is 2.22. The smallest absolute Gasteiger partial charge is 0.160 e. The number of pyridine rings is 2. The van der Waals surface area contributed by atoms with Gasteiger partial charge in [-0.2, -0.15) is 0 Å². The Morgan fingerprint density at radius 3 is 0.830 bits per heavy atom. The van der Waals surface area contributed by atoms with Gasteiger partial charge in [-0.25, -0.2) is 19.9 Å². The van der Waals surface area contributed by atoms with Gasteiger partial charge >= 0.3 is 0 Å². The third-order valence-corrected chi connectivity index (χ3v) is 21.6. The van der Waals surface area contributed by atoms with Crippen molar-refractivity contribution in [3.63, 3.8) is 0 Å². The van der Waals surface area contributed by atoms with Gasteiger partial charge < -0.3 is 18.3 Å². The van der Waals surface area contributed by atoms with Gasteiger partial charge in [0.15, 0.2) is 11.6 Å². The molecule has 112 heavy (non-hydrogen) atoms. The molecular weight excluding hydrogens is 1370 g/mol. The standard InChI is InChI=1S/2C51H33N5/c1-4-13-34(14-5-1)44-33-45(54-51(53-44)36-15-6-2-7-16-36)35-22-26-40(27-23-35)55-47-29-25-37(31-43(47)50-48(55)21-12-30-52-50)38-24-28-42-41-19-10-11-20-46(41)56(49(42)32-38)39-17-8-3-9-18-39;1-4-13-34(14-5-1)44-33-45(35-15-6-2-7-16-35)54-51(53-44)36-22-26-40(27-23-36)55-47-29-25-37(31-43(47)50-48(55)21-12-30-52-50)38-24-28-42-41-19-10-11-20-46(41)56(49(42)32-38)39-17-8-3-9-18-39/h2*1-33H. The van der Waals surface area contributed by atoms with E-state index < -0.39 is 0 Å². The quantitative estimate of drug-likeness (QED) is 0.121. The summed E-state index contributed by atoms with van der Waals surface area (Å²) in [5.74, 6) is 1.39. The fourth-order valence-electron chi connectivity index (χ4n) is 16.3. The fourth-order valence-corrected chi connectivity index (χ4v) is 16.3. The molecule has 8 heterocycles. The van der Waals surface area contributed by atoms with Crippen LogP contribution < -0.4 is 0 Å². The predicted molar refractivity (Wildman–Crippen MR) is 460 cm³/mol. The zero-order valence-electron chi connectivity index (χ0n) is 60.6. The Balaban J connectivity index is 0.000000141.